The van der Waals surface area contributed by atoms with Gasteiger partial charge in [0.2, 0.25) is 0 Å². The van der Waals surface area contributed by atoms with E-state index in [-0.39, 0.29) is 5.75 Å². The van der Waals surface area contributed by atoms with E-state index in [1.165, 1.54) is 25.7 Å². The zero-order valence-electron chi connectivity index (χ0n) is 15.7. The molecular formula is C20H33N3O2. The van der Waals surface area contributed by atoms with Gasteiger partial charge in [-0.2, -0.15) is 0 Å². The third kappa shape index (κ3) is 6.58. The molecule has 0 saturated heterocycles. The van der Waals surface area contributed by atoms with Gasteiger partial charge < -0.3 is 20.5 Å². The van der Waals surface area contributed by atoms with Crippen LogP contribution in [0.25, 0.3) is 0 Å². The predicted octanol–water partition coefficient (Wildman–Crippen LogP) is 3.43. The van der Waals surface area contributed by atoms with Gasteiger partial charge in [0.25, 0.3) is 0 Å². The SMILES string of the molecule is CCNC(=NCc1ccc(O)cc1)NCC1(CCOCC)CCCC1. The summed E-state index contributed by atoms with van der Waals surface area (Å²) in [5, 5.41) is 16.2. The lowest BCUT2D eigenvalue weighted by Gasteiger charge is -2.30. The van der Waals surface area contributed by atoms with Crippen LogP contribution in [0.5, 0.6) is 5.75 Å². The van der Waals surface area contributed by atoms with Crippen molar-refractivity contribution < 1.29 is 9.84 Å². The minimum absolute atomic E-state index is 0.287. The van der Waals surface area contributed by atoms with Crippen LogP contribution < -0.4 is 10.6 Å². The maximum atomic E-state index is 9.37. The van der Waals surface area contributed by atoms with Gasteiger partial charge in [-0.1, -0.05) is 25.0 Å². The summed E-state index contributed by atoms with van der Waals surface area (Å²) in [5.74, 6) is 1.15. The first-order valence-corrected chi connectivity index (χ1v) is 9.55. The first-order valence-electron chi connectivity index (χ1n) is 9.55. The number of benzene rings is 1. The number of guanidine groups is 1. The van der Waals surface area contributed by atoms with E-state index >= 15 is 0 Å². The molecule has 1 aromatic carbocycles. The Kier molecular flexibility index (Phi) is 8.06. The summed E-state index contributed by atoms with van der Waals surface area (Å²) in [6, 6.07) is 7.21. The summed E-state index contributed by atoms with van der Waals surface area (Å²) < 4.78 is 5.60. The maximum absolute atomic E-state index is 9.37. The van der Waals surface area contributed by atoms with Gasteiger partial charge in [-0.25, -0.2) is 4.99 Å². The van der Waals surface area contributed by atoms with E-state index in [4.69, 9.17) is 4.74 Å². The summed E-state index contributed by atoms with van der Waals surface area (Å²) in [6.45, 7) is 8.16. The van der Waals surface area contributed by atoms with Crippen molar-refractivity contribution in [2.24, 2.45) is 10.4 Å². The number of nitrogens with zero attached hydrogens (tertiary/aromatic N) is 1. The normalized spacial score (nSPS) is 16.8. The molecule has 0 aromatic heterocycles. The van der Waals surface area contributed by atoms with Crippen LogP contribution in [0.15, 0.2) is 29.3 Å². The highest BCUT2D eigenvalue weighted by Crippen LogP contribution is 2.40. The fraction of sp³-hybridized carbons (Fsp3) is 0.650. The highest BCUT2D eigenvalue weighted by Gasteiger charge is 2.33. The van der Waals surface area contributed by atoms with E-state index in [1.54, 1.807) is 12.1 Å². The lowest BCUT2D eigenvalue weighted by Crippen LogP contribution is -2.43. The predicted molar refractivity (Wildman–Crippen MR) is 103 cm³/mol. The zero-order valence-corrected chi connectivity index (χ0v) is 15.7. The molecule has 0 atom stereocenters. The maximum Gasteiger partial charge on any atom is 0.191 e. The molecule has 0 heterocycles. The van der Waals surface area contributed by atoms with Gasteiger partial charge in [0.15, 0.2) is 5.96 Å². The molecule has 0 spiro atoms. The number of hydrogen-bond donors (Lipinski definition) is 3. The van der Waals surface area contributed by atoms with Gasteiger partial charge in [-0.15, -0.1) is 0 Å². The summed E-state index contributed by atoms with van der Waals surface area (Å²) in [7, 11) is 0. The number of nitrogens with one attached hydrogen (secondary N) is 2. The van der Waals surface area contributed by atoms with E-state index in [2.05, 4.69) is 29.5 Å². The lowest BCUT2D eigenvalue weighted by atomic mass is 9.83. The molecule has 3 N–H and O–H groups in total. The number of rotatable bonds is 9. The largest absolute Gasteiger partial charge is 0.508 e. The van der Waals surface area contributed by atoms with Crippen molar-refractivity contribution in [1.82, 2.24) is 10.6 Å². The quantitative estimate of drug-likeness (QED) is 0.364. The summed E-state index contributed by atoms with van der Waals surface area (Å²) in [6.07, 6.45) is 6.28. The van der Waals surface area contributed by atoms with Gasteiger partial charge in [-0.05, 0) is 56.2 Å². The van der Waals surface area contributed by atoms with Crippen LogP contribution in [0.3, 0.4) is 0 Å². The van der Waals surface area contributed by atoms with Crippen LogP contribution in [0, 0.1) is 5.41 Å². The molecule has 5 heteroatoms. The van der Waals surface area contributed by atoms with Crippen LogP contribution in [-0.2, 0) is 11.3 Å². The Morgan fingerprint density at radius 1 is 1.16 bits per heavy atom. The van der Waals surface area contributed by atoms with E-state index in [0.29, 0.717) is 12.0 Å². The van der Waals surface area contributed by atoms with E-state index in [0.717, 1.165) is 44.2 Å². The van der Waals surface area contributed by atoms with Gasteiger partial charge >= 0.3 is 0 Å². The smallest absolute Gasteiger partial charge is 0.191 e. The van der Waals surface area contributed by atoms with Crippen molar-refractivity contribution in [2.45, 2.75) is 52.5 Å². The first kappa shape index (κ1) is 19.6. The monoisotopic (exact) mass is 347 g/mol. The number of hydrogen-bond acceptors (Lipinski definition) is 3. The van der Waals surface area contributed by atoms with Crippen molar-refractivity contribution in [3.63, 3.8) is 0 Å². The number of aromatic hydroxyl groups is 1. The topological polar surface area (TPSA) is 65.9 Å². The molecule has 1 aliphatic carbocycles. The molecule has 0 amide bonds. The molecule has 0 unspecified atom stereocenters. The molecule has 140 valence electrons. The minimum Gasteiger partial charge on any atom is -0.508 e. The van der Waals surface area contributed by atoms with Gasteiger partial charge in [0.05, 0.1) is 6.54 Å². The third-order valence-electron chi connectivity index (χ3n) is 4.98. The number of ether oxygens (including phenoxy) is 1. The third-order valence-corrected chi connectivity index (χ3v) is 4.98. The van der Waals surface area contributed by atoms with Crippen LogP contribution in [0.1, 0.15) is 51.5 Å². The molecule has 1 aromatic rings. The van der Waals surface area contributed by atoms with E-state index in [1.807, 2.05) is 12.1 Å². The fourth-order valence-electron chi connectivity index (χ4n) is 3.46. The molecule has 0 bridgehead atoms. The number of aliphatic imine (C=N–C) groups is 1. The van der Waals surface area contributed by atoms with Crippen LogP contribution in [-0.4, -0.2) is 37.4 Å². The van der Waals surface area contributed by atoms with Crippen molar-refractivity contribution in [1.29, 1.82) is 0 Å². The standard InChI is InChI=1S/C20H33N3O2/c1-3-21-19(22-15-17-7-9-18(24)10-8-17)23-16-20(11-5-6-12-20)13-14-25-4-2/h7-10,24H,3-6,11-16H2,1-2H3,(H2,21,22,23). The lowest BCUT2D eigenvalue weighted by molar-refractivity contribution is 0.105. The van der Waals surface area contributed by atoms with Crippen LogP contribution in [0.2, 0.25) is 0 Å². The molecule has 2 rings (SSSR count). The van der Waals surface area contributed by atoms with E-state index in [9.17, 15) is 5.11 Å². The minimum atomic E-state index is 0.287. The van der Waals surface area contributed by atoms with Crippen molar-refractivity contribution >= 4 is 5.96 Å². The van der Waals surface area contributed by atoms with Crippen molar-refractivity contribution in [2.75, 3.05) is 26.3 Å². The molecule has 0 aliphatic heterocycles. The summed E-state index contributed by atoms with van der Waals surface area (Å²) in [4.78, 5) is 4.68. The highest BCUT2D eigenvalue weighted by molar-refractivity contribution is 5.79. The molecule has 1 saturated carbocycles. The Morgan fingerprint density at radius 2 is 1.88 bits per heavy atom. The van der Waals surface area contributed by atoms with Crippen molar-refractivity contribution in [3.05, 3.63) is 29.8 Å². The van der Waals surface area contributed by atoms with Gasteiger partial charge in [0, 0.05) is 26.3 Å². The molecule has 0 radical (unpaired) electrons. The molecule has 25 heavy (non-hydrogen) atoms. The Morgan fingerprint density at radius 3 is 2.52 bits per heavy atom. The molecule has 1 aliphatic rings. The average Bonchev–Trinajstić information content (AvgIpc) is 3.08. The molecule has 5 nitrogen and oxygen atoms in total. The Labute approximate surface area is 151 Å². The van der Waals surface area contributed by atoms with Crippen LogP contribution >= 0.6 is 0 Å². The van der Waals surface area contributed by atoms with Crippen molar-refractivity contribution in [3.8, 4) is 5.75 Å². The number of phenolic OH excluding ortho intramolecular Hbond substituents is 1. The van der Waals surface area contributed by atoms with Gasteiger partial charge in [-0.3, -0.25) is 0 Å². The molecular weight excluding hydrogens is 314 g/mol. The first-order chi connectivity index (χ1) is 12.2. The second-order valence-corrected chi connectivity index (χ2v) is 6.87. The van der Waals surface area contributed by atoms with Gasteiger partial charge in [0.1, 0.15) is 5.75 Å². The second-order valence-electron chi connectivity index (χ2n) is 6.87. The Balaban J connectivity index is 1.92. The van der Waals surface area contributed by atoms with E-state index < -0.39 is 0 Å². The second kappa shape index (κ2) is 10.3. The average molecular weight is 348 g/mol. The van der Waals surface area contributed by atoms with Crippen LogP contribution in [0.4, 0.5) is 0 Å². The number of phenols is 1. The summed E-state index contributed by atoms with van der Waals surface area (Å²) in [5.41, 5.74) is 1.42. The Hall–Kier alpha value is -1.75. The fourth-order valence-corrected chi connectivity index (χ4v) is 3.46. The highest BCUT2D eigenvalue weighted by atomic mass is 16.5. The Bertz CT molecular complexity index is 522. The molecule has 1 fully saturated rings. The summed E-state index contributed by atoms with van der Waals surface area (Å²) >= 11 is 0. The zero-order chi connectivity index (χ0) is 18.0.